The van der Waals surface area contributed by atoms with E-state index < -0.39 is 28.6 Å². The summed E-state index contributed by atoms with van der Waals surface area (Å²) in [6, 6.07) is 4.61. The van der Waals surface area contributed by atoms with Gasteiger partial charge < -0.3 is 18.9 Å². The van der Waals surface area contributed by atoms with Gasteiger partial charge in [-0.3, -0.25) is 14.9 Å². The largest absolute Gasteiger partial charge is 0.493 e. The van der Waals surface area contributed by atoms with Gasteiger partial charge in [-0.25, -0.2) is 4.79 Å². The van der Waals surface area contributed by atoms with Gasteiger partial charge in [0.15, 0.2) is 17.3 Å². The average molecular weight is 437 g/mol. The Morgan fingerprint density at radius 2 is 1.77 bits per heavy atom. The van der Waals surface area contributed by atoms with Crippen LogP contribution in [0.5, 0.6) is 17.2 Å². The van der Waals surface area contributed by atoms with Crippen LogP contribution in [0.1, 0.15) is 34.5 Å². The third kappa shape index (κ3) is 5.07. The molecule has 0 radical (unpaired) electrons. The number of nitrogens with zero attached hydrogens (tertiary/aromatic N) is 1. The summed E-state index contributed by atoms with van der Waals surface area (Å²) in [5.41, 5.74) is 0.219. The van der Waals surface area contributed by atoms with Gasteiger partial charge in [0.25, 0.3) is 0 Å². The zero-order valence-electron chi connectivity index (χ0n) is 17.1. The number of hydrogen-bond acceptors (Lipinski definition) is 9. The molecular weight excluding hydrogens is 414 g/mol. The van der Waals surface area contributed by atoms with Crippen molar-refractivity contribution < 1.29 is 33.5 Å². The van der Waals surface area contributed by atoms with Gasteiger partial charge in [-0.1, -0.05) is 6.07 Å². The minimum absolute atomic E-state index is 0.00115. The van der Waals surface area contributed by atoms with Gasteiger partial charge in [-0.2, -0.15) is 0 Å². The number of Topliss-reactive ketones (excluding diaryl/α,β-unsaturated/α-hetero) is 1. The monoisotopic (exact) mass is 437 g/mol. The van der Waals surface area contributed by atoms with Crippen LogP contribution < -0.4 is 14.2 Å². The minimum atomic E-state index is -1.70. The summed E-state index contributed by atoms with van der Waals surface area (Å²) >= 11 is 1.24. The number of carbonyl (C=O) groups excluding carboxylic acids is 2. The van der Waals surface area contributed by atoms with E-state index in [0.717, 1.165) is 0 Å². The molecule has 0 aliphatic rings. The van der Waals surface area contributed by atoms with Crippen molar-refractivity contribution in [3.05, 3.63) is 50.2 Å². The molecular formula is C20H23NO8S. The van der Waals surface area contributed by atoms with Crippen molar-refractivity contribution >= 4 is 23.1 Å². The number of esters is 1. The summed E-state index contributed by atoms with van der Waals surface area (Å²) in [7, 11) is 4.28. The summed E-state index contributed by atoms with van der Waals surface area (Å²) in [5.74, 6) is -1.48. The lowest BCUT2D eigenvalue weighted by Crippen LogP contribution is -2.38. The number of ether oxygens (including phenoxy) is 4. The maximum Gasteiger partial charge on any atom is 0.382 e. The van der Waals surface area contributed by atoms with Gasteiger partial charge in [0, 0.05) is 21.8 Å². The molecule has 0 spiro atoms. The molecule has 0 aliphatic carbocycles. The van der Waals surface area contributed by atoms with Crippen LogP contribution in [0.4, 0.5) is 0 Å². The molecule has 0 saturated heterocycles. The van der Waals surface area contributed by atoms with Gasteiger partial charge in [0.1, 0.15) is 0 Å². The highest BCUT2D eigenvalue weighted by molar-refractivity contribution is 7.10. The fourth-order valence-electron chi connectivity index (χ4n) is 3.05. The summed E-state index contributed by atoms with van der Waals surface area (Å²) in [6.45, 7) is 1.57. The normalized spacial score (nSPS) is 12.5. The van der Waals surface area contributed by atoms with Crippen molar-refractivity contribution in [1.82, 2.24) is 0 Å². The minimum Gasteiger partial charge on any atom is -0.493 e. The van der Waals surface area contributed by atoms with Crippen LogP contribution in [0.2, 0.25) is 0 Å². The molecule has 1 heterocycles. The van der Waals surface area contributed by atoms with Crippen molar-refractivity contribution in [2.45, 2.75) is 25.3 Å². The van der Waals surface area contributed by atoms with Gasteiger partial charge in [-0.15, -0.1) is 11.3 Å². The van der Waals surface area contributed by atoms with Crippen LogP contribution in [0.3, 0.4) is 0 Å². The lowest BCUT2D eigenvalue weighted by atomic mass is 9.90. The first-order valence-corrected chi connectivity index (χ1v) is 9.92. The molecule has 0 aliphatic heterocycles. The van der Waals surface area contributed by atoms with Crippen LogP contribution in [-0.4, -0.2) is 50.7 Å². The Morgan fingerprint density at radius 3 is 2.20 bits per heavy atom. The molecule has 10 heteroatoms. The number of carbonyl (C=O) groups is 2. The molecule has 2 rings (SSSR count). The third-order valence-corrected chi connectivity index (χ3v) is 5.44. The molecule has 1 aromatic carbocycles. The summed E-state index contributed by atoms with van der Waals surface area (Å²) in [4.78, 5) is 36.9. The Balaban J connectivity index is 2.45. The lowest BCUT2D eigenvalue weighted by molar-refractivity contribution is -0.514. The van der Waals surface area contributed by atoms with E-state index in [1.165, 1.54) is 44.8 Å². The standard InChI is InChI=1S/C20H23NO8S/c1-5-29-20(23)18(21(24)25)13(17-7-6-8-30-17)11-14(22)12-9-15(26-2)19(28-4)16(10-12)27-3/h6-10,13,18H,5,11H2,1-4H3. The number of hydrogen-bond donors (Lipinski definition) is 0. The van der Waals surface area contributed by atoms with Gasteiger partial charge in [0.05, 0.1) is 33.9 Å². The first kappa shape index (κ1) is 23.1. The predicted molar refractivity (Wildman–Crippen MR) is 110 cm³/mol. The van der Waals surface area contributed by atoms with E-state index in [1.54, 1.807) is 24.4 Å². The number of thiophene rings is 1. The van der Waals surface area contributed by atoms with Crippen molar-refractivity contribution in [3.8, 4) is 17.2 Å². The number of methoxy groups -OCH3 is 3. The highest BCUT2D eigenvalue weighted by Crippen LogP contribution is 2.39. The quantitative estimate of drug-likeness (QED) is 0.228. The van der Waals surface area contributed by atoms with E-state index in [4.69, 9.17) is 18.9 Å². The highest BCUT2D eigenvalue weighted by Gasteiger charge is 2.43. The zero-order valence-corrected chi connectivity index (χ0v) is 17.9. The first-order chi connectivity index (χ1) is 14.4. The first-order valence-electron chi connectivity index (χ1n) is 9.04. The van der Waals surface area contributed by atoms with Crippen molar-refractivity contribution in [1.29, 1.82) is 0 Å². The van der Waals surface area contributed by atoms with E-state index in [-0.39, 0.29) is 30.1 Å². The molecule has 2 unspecified atom stereocenters. The van der Waals surface area contributed by atoms with Crippen molar-refractivity contribution in [2.75, 3.05) is 27.9 Å². The third-order valence-electron chi connectivity index (χ3n) is 4.44. The highest BCUT2D eigenvalue weighted by atomic mass is 32.1. The number of nitro groups is 1. The molecule has 0 amide bonds. The van der Waals surface area contributed by atoms with E-state index in [9.17, 15) is 19.7 Å². The molecule has 0 N–H and O–H groups in total. The van der Waals surface area contributed by atoms with Crippen molar-refractivity contribution in [3.63, 3.8) is 0 Å². The average Bonchev–Trinajstić information content (AvgIpc) is 3.26. The van der Waals surface area contributed by atoms with Crippen LogP contribution in [0, 0.1) is 10.1 Å². The zero-order chi connectivity index (χ0) is 22.3. The topological polar surface area (TPSA) is 114 Å². The Kier molecular flexibility index (Phi) is 8.16. The number of ketones is 1. The van der Waals surface area contributed by atoms with Crippen LogP contribution in [0.25, 0.3) is 0 Å². The Bertz CT molecular complexity index is 871. The SMILES string of the molecule is CCOC(=O)C(C(CC(=O)c1cc(OC)c(OC)c(OC)c1)c1cccs1)[N+](=O)[O-]. The second-order valence-electron chi connectivity index (χ2n) is 6.15. The molecule has 0 fully saturated rings. The summed E-state index contributed by atoms with van der Waals surface area (Å²) in [5, 5.41) is 13.4. The fraction of sp³-hybridized carbons (Fsp3) is 0.400. The fourth-order valence-corrected chi connectivity index (χ4v) is 3.91. The molecule has 2 atom stereocenters. The molecule has 30 heavy (non-hydrogen) atoms. The van der Waals surface area contributed by atoms with E-state index in [0.29, 0.717) is 10.6 Å². The molecule has 9 nitrogen and oxygen atoms in total. The lowest BCUT2D eigenvalue weighted by Gasteiger charge is -2.19. The van der Waals surface area contributed by atoms with Crippen LogP contribution in [-0.2, 0) is 9.53 Å². The molecule has 162 valence electrons. The second-order valence-corrected chi connectivity index (χ2v) is 7.12. The maximum absolute atomic E-state index is 13.1. The summed E-state index contributed by atoms with van der Waals surface area (Å²) in [6.07, 6.45) is -0.274. The number of benzene rings is 1. The van der Waals surface area contributed by atoms with Gasteiger partial charge in [-0.05, 0) is 30.5 Å². The molecule has 0 saturated carbocycles. The molecule has 2 aromatic rings. The molecule has 0 bridgehead atoms. The number of rotatable bonds is 11. The Labute approximate surface area is 177 Å². The van der Waals surface area contributed by atoms with Crippen molar-refractivity contribution in [2.24, 2.45) is 0 Å². The van der Waals surface area contributed by atoms with E-state index in [2.05, 4.69) is 0 Å². The smallest absolute Gasteiger partial charge is 0.382 e. The summed E-state index contributed by atoms with van der Waals surface area (Å²) < 4.78 is 20.7. The van der Waals surface area contributed by atoms with E-state index >= 15 is 0 Å². The van der Waals surface area contributed by atoms with Crippen LogP contribution in [0.15, 0.2) is 29.6 Å². The Morgan fingerprint density at radius 1 is 1.13 bits per heavy atom. The van der Waals surface area contributed by atoms with Gasteiger partial charge in [0.2, 0.25) is 5.75 Å². The Hall–Kier alpha value is -3.14. The second kappa shape index (κ2) is 10.6. The van der Waals surface area contributed by atoms with Crippen LogP contribution >= 0.6 is 11.3 Å². The maximum atomic E-state index is 13.1. The van der Waals surface area contributed by atoms with Gasteiger partial charge >= 0.3 is 12.0 Å². The van der Waals surface area contributed by atoms with E-state index in [1.807, 2.05) is 0 Å². The predicted octanol–water partition coefficient (Wildman–Crippen LogP) is 3.34. The molecule has 1 aromatic heterocycles.